The molecular weight excluding hydrogens is 528 g/mol. The minimum atomic E-state index is 1.30. The van der Waals surface area contributed by atoms with E-state index in [0.717, 1.165) is 0 Å². The van der Waals surface area contributed by atoms with Crippen molar-refractivity contribution in [3.8, 4) is 0 Å². The number of hydrogen-bond acceptors (Lipinski definition) is 0. The molecule has 0 aliphatic heterocycles. The fraction of sp³-hybridized carbons (Fsp3) is 0. The van der Waals surface area contributed by atoms with Crippen LogP contribution in [0.25, 0.3) is 86.2 Å². The first-order chi connectivity index (χ1) is 21.7. The minimum absolute atomic E-state index is 1.30. The second-order valence-electron chi connectivity index (χ2n) is 11.9. The summed E-state index contributed by atoms with van der Waals surface area (Å²) in [5.74, 6) is 0. The molecule has 0 radical (unpaired) electrons. The average Bonchev–Trinajstić information content (AvgIpc) is 3.07. The summed E-state index contributed by atoms with van der Waals surface area (Å²) < 4.78 is 0. The van der Waals surface area contributed by atoms with E-state index < -0.39 is 0 Å². The number of fused-ring (bicyclic) bond motifs is 9. The molecule has 0 amide bonds. The summed E-state index contributed by atoms with van der Waals surface area (Å²) in [7, 11) is 0. The van der Waals surface area contributed by atoms with E-state index in [1.807, 2.05) is 0 Å². The molecule has 0 saturated carbocycles. The van der Waals surface area contributed by atoms with Crippen LogP contribution in [0.1, 0.15) is 0 Å². The molecule has 10 aromatic rings. The van der Waals surface area contributed by atoms with Gasteiger partial charge in [0.2, 0.25) is 0 Å². The maximum absolute atomic E-state index is 2.32. The molecule has 0 atom stereocenters. The zero-order chi connectivity index (χ0) is 29.0. The maximum atomic E-state index is 2.32. The Balaban J connectivity index is 0.000000123. The number of rotatable bonds is 0. The van der Waals surface area contributed by atoms with E-state index in [4.69, 9.17) is 0 Å². The summed E-state index contributed by atoms with van der Waals surface area (Å²) in [5, 5.41) is 20.9. The second kappa shape index (κ2) is 9.93. The SMILES string of the molecule is c1ccc2cc3c(ccc4cc5ccccc5cc43)cc2c1.c1ccc2cc3cc4cc5ccccc5cc4cc3cc2c1. The van der Waals surface area contributed by atoms with Crippen LogP contribution >= 0.6 is 0 Å². The standard InChI is InChI=1S/2C22H14/c1-3-7-17-13-21-19(11-15(17)5-1)9-10-20-12-16-6-2-4-8-18(16)14-22(20)21;1-2-6-16-10-20-14-22-12-18-8-4-3-7-17(18)11-21(22)13-19(20)9-15(16)5-1/h2*1-14H. The lowest BCUT2D eigenvalue weighted by atomic mass is 9.96. The van der Waals surface area contributed by atoms with Gasteiger partial charge in [0, 0.05) is 0 Å². The molecule has 0 nitrogen and oxygen atoms in total. The molecule has 10 rings (SSSR count). The Labute approximate surface area is 255 Å². The maximum Gasteiger partial charge on any atom is -0.00988 e. The Kier molecular flexibility index (Phi) is 5.61. The highest BCUT2D eigenvalue weighted by Gasteiger charge is 2.05. The third-order valence-corrected chi connectivity index (χ3v) is 9.09. The molecular formula is C44H28. The minimum Gasteiger partial charge on any atom is -0.0616 e. The highest BCUT2D eigenvalue weighted by molar-refractivity contribution is 6.15. The second-order valence-corrected chi connectivity index (χ2v) is 11.9. The molecule has 0 heterocycles. The summed E-state index contributed by atoms with van der Waals surface area (Å²) in [6, 6.07) is 61.7. The Morgan fingerprint density at radius 2 is 0.364 bits per heavy atom. The first-order valence-corrected chi connectivity index (χ1v) is 15.2. The predicted octanol–water partition coefficient (Wildman–Crippen LogP) is 12.6. The van der Waals surface area contributed by atoms with Crippen LogP contribution < -0.4 is 0 Å². The molecule has 0 aliphatic rings. The fourth-order valence-corrected chi connectivity index (χ4v) is 6.82. The normalized spacial score (nSPS) is 11.6. The Bertz CT molecular complexity index is 2390. The predicted molar refractivity (Wildman–Crippen MR) is 193 cm³/mol. The lowest BCUT2D eigenvalue weighted by molar-refractivity contribution is 1.78. The van der Waals surface area contributed by atoms with Crippen molar-refractivity contribution >= 4 is 86.2 Å². The summed E-state index contributed by atoms with van der Waals surface area (Å²) in [5.41, 5.74) is 0. The molecule has 0 saturated heterocycles. The van der Waals surface area contributed by atoms with Crippen molar-refractivity contribution in [1.82, 2.24) is 0 Å². The van der Waals surface area contributed by atoms with Crippen molar-refractivity contribution in [2.45, 2.75) is 0 Å². The first-order valence-electron chi connectivity index (χ1n) is 15.2. The van der Waals surface area contributed by atoms with Gasteiger partial charge in [0.15, 0.2) is 0 Å². The van der Waals surface area contributed by atoms with Gasteiger partial charge in [-0.2, -0.15) is 0 Å². The molecule has 44 heavy (non-hydrogen) atoms. The molecule has 0 spiro atoms. The van der Waals surface area contributed by atoms with E-state index >= 15 is 0 Å². The van der Waals surface area contributed by atoms with Crippen molar-refractivity contribution < 1.29 is 0 Å². The monoisotopic (exact) mass is 556 g/mol. The zero-order valence-corrected chi connectivity index (χ0v) is 24.2. The summed E-state index contributed by atoms with van der Waals surface area (Å²) >= 11 is 0. The third-order valence-electron chi connectivity index (χ3n) is 9.09. The molecule has 204 valence electrons. The molecule has 0 unspecified atom stereocenters. The van der Waals surface area contributed by atoms with Crippen molar-refractivity contribution in [3.63, 3.8) is 0 Å². The molecule has 0 fully saturated rings. The molecule has 10 aromatic carbocycles. The highest BCUT2D eigenvalue weighted by atomic mass is 14.1. The lowest BCUT2D eigenvalue weighted by Gasteiger charge is -2.08. The quantitative estimate of drug-likeness (QED) is 0.129. The van der Waals surface area contributed by atoms with E-state index in [0.29, 0.717) is 0 Å². The van der Waals surface area contributed by atoms with Crippen LogP contribution in [0, 0.1) is 0 Å². The van der Waals surface area contributed by atoms with Gasteiger partial charge < -0.3 is 0 Å². The Hall–Kier alpha value is -5.72. The van der Waals surface area contributed by atoms with Gasteiger partial charge >= 0.3 is 0 Å². The van der Waals surface area contributed by atoms with Gasteiger partial charge in [0.05, 0.1) is 0 Å². The van der Waals surface area contributed by atoms with Crippen LogP contribution in [-0.4, -0.2) is 0 Å². The van der Waals surface area contributed by atoms with Crippen molar-refractivity contribution in [2.75, 3.05) is 0 Å². The van der Waals surface area contributed by atoms with E-state index in [9.17, 15) is 0 Å². The van der Waals surface area contributed by atoms with Gasteiger partial charge in [-0.15, -0.1) is 0 Å². The Morgan fingerprint density at radius 1 is 0.159 bits per heavy atom. The van der Waals surface area contributed by atoms with Crippen molar-refractivity contribution in [2.24, 2.45) is 0 Å². The molecule has 0 N–H and O–H groups in total. The van der Waals surface area contributed by atoms with E-state index in [1.54, 1.807) is 0 Å². The van der Waals surface area contributed by atoms with Crippen LogP contribution in [0.3, 0.4) is 0 Å². The lowest BCUT2D eigenvalue weighted by Crippen LogP contribution is -1.81. The fourth-order valence-electron chi connectivity index (χ4n) is 6.82. The first kappa shape index (κ1) is 24.8. The van der Waals surface area contributed by atoms with Crippen LogP contribution in [0.5, 0.6) is 0 Å². The molecule has 0 aromatic heterocycles. The van der Waals surface area contributed by atoms with Gasteiger partial charge in [-0.25, -0.2) is 0 Å². The van der Waals surface area contributed by atoms with Crippen LogP contribution in [0.2, 0.25) is 0 Å². The smallest absolute Gasteiger partial charge is 0.00988 e. The van der Waals surface area contributed by atoms with Gasteiger partial charge in [0.1, 0.15) is 0 Å². The van der Waals surface area contributed by atoms with Crippen LogP contribution in [-0.2, 0) is 0 Å². The van der Waals surface area contributed by atoms with Gasteiger partial charge in [-0.3, -0.25) is 0 Å². The topological polar surface area (TPSA) is 0 Å². The van der Waals surface area contributed by atoms with Gasteiger partial charge in [0.25, 0.3) is 0 Å². The zero-order valence-electron chi connectivity index (χ0n) is 24.2. The summed E-state index contributed by atoms with van der Waals surface area (Å²) in [6.07, 6.45) is 0. The molecule has 0 aliphatic carbocycles. The van der Waals surface area contributed by atoms with Crippen molar-refractivity contribution in [1.29, 1.82) is 0 Å². The van der Waals surface area contributed by atoms with E-state index in [-0.39, 0.29) is 0 Å². The van der Waals surface area contributed by atoms with Crippen molar-refractivity contribution in [3.05, 3.63) is 170 Å². The molecule has 0 heteroatoms. The van der Waals surface area contributed by atoms with E-state index in [1.165, 1.54) is 86.2 Å². The largest absolute Gasteiger partial charge is 0.0616 e. The average molecular weight is 557 g/mol. The number of hydrogen-bond donors (Lipinski definition) is 0. The van der Waals surface area contributed by atoms with Crippen LogP contribution in [0.15, 0.2) is 170 Å². The van der Waals surface area contributed by atoms with Gasteiger partial charge in [-0.05, 0) is 147 Å². The summed E-state index contributed by atoms with van der Waals surface area (Å²) in [4.78, 5) is 0. The van der Waals surface area contributed by atoms with Crippen LogP contribution in [0.4, 0.5) is 0 Å². The van der Waals surface area contributed by atoms with Gasteiger partial charge in [-0.1, -0.05) is 109 Å². The third kappa shape index (κ3) is 4.23. The van der Waals surface area contributed by atoms with E-state index in [2.05, 4.69) is 170 Å². The molecule has 0 bridgehead atoms. The Morgan fingerprint density at radius 3 is 0.636 bits per heavy atom. The highest BCUT2D eigenvalue weighted by Crippen LogP contribution is 2.33. The number of benzene rings is 10. The summed E-state index contributed by atoms with van der Waals surface area (Å²) in [6.45, 7) is 0.